The van der Waals surface area contributed by atoms with E-state index in [2.05, 4.69) is 15.1 Å². The minimum Gasteiger partial charge on any atom is -0.347 e. The summed E-state index contributed by atoms with van der Waals surface area (Å²) in [5.41, 5.74) is 3.31. The van der Waals surface area contributed by atoms with E-state index in [0.717, 1.165) is 23.6 Å². The summed E-state index contributed by atoms with van der Waals surface area (Å²) in [7, 11) is 3.73. The van der Waals surface area contributed by atoms with Gasteiger partial charge in [0.1, 0.15) is 5.82 Å². The maximum absolute atomic E-state index is 12.1. The molecule has 1 N–H and O–H groups in total. The second kappa shape index (κ2) is 5.90. The number of imidazole rings is 1. The van der Waals surface area contributed by atoms with Crippen molar-refractivity contribution in [1.82, 2.24) is 24.6 Å². The van der Waals surface area contributed by atoms with Gasteiger partial charge in [0, 0.05) is 38.6 Å². The van der Waals surface area contributed by atoms with Gasteiger partial charge in [-0.2, -0.15) is 5.10 Å². The number of hydrogen-bond acceptors (Lipinski definition) is 3. The Morgan fingerprint density at radius 1 is 1.45 bits per heavy atom. The predicted octanol–water partition coefficient (Wildman–Crippen LogP) is 1.35. The summed E-state index contributed by atoms with van der Waals surface area (Å²) >= 11 is 0. The Morgan fingerprint density at radius 3 is 2.75 bits per heavy atom. The molecule has 2 heterocycles. The molecule has 6 nitrogen and oxygen atoms in total. The summed E-state index contributed by atoms with van der Waals surface area (Å²) in [4.78, 5) is 20.9. The van der Waals surface area contributed by atoms with Crippen LogP contribution in [0.25, 0.3) is 0 Å². The smallest absolute Gasteiger partial charge is 0.223 e. The number of aromatic nitrogens is 4. The highest BCUT2D eigenvalue weighted by Gasteiger charge is 2.14. The van der Waals surface area contributed by atoms with E-state index in [4.69, 9.17) is 0 Å². The predicted molar refractivity (Wildman–Crippen MR) is 76.1 cm³/mol. The fraction of sp³-hybridized carbons (Fsp3) is 0.500. The highest BCUT2D eigenvalue weighted by Crippen LogP contribution is 2.14. The standard InChI is InChI=1S/C14H21N5O/c1-10-12(11(2)19(4)17-10)5-6-14(20)18(3)9-13-15-7-8-16-13/h7-8H,5-6,9H2,1-4H3,(H,15,16). The van der Waals surface area contributed by atoms with Gasteiger partial charge in [-0.15, -0.1) is 0 Å². The topological polar surface area (TPSA) is 66.8 Å². The van der Waals surface area contributed by atoms with Gasteiger partial charge in [0.15, 0.2) is 0 Å². The van der Waals surface area contributed by atoms with Gasteiger partial charge in [-0.25, -0.2) is 4.98 Å². The van der Waals surface area contributed by atoms with Crippen LogP contribution in [0.5, 0.6) is 0 Å². The number of hydrogen-bond donors (Lipinski definition) is 1. The van der Waals surface area contributed by atoms with E-state index < -0.39 is 0 Å². The molecule has 0 unspecified atom stereocenters. The molecule has 1 amide bonds. The number of aryl methyl sites for hydroxylation is 2. The summed E-state index contributed by atoms with van der Waals surface area (Å²) in [6.45, 7) is 4.53. The third-order valence-electron chi connectivity index (χ3n) is 3.62. The fourth-order valence-corrected chi connectivity index (χ4v) is 2.30. The zero-order chi connectivity index (χ0) is 14.7. The molecule has 0 aliphatic rings. The second-order valence-electron chi connectivity index (χ2n) is 5.06. The van der Waals surface area contributed by atoms with Crippen LogP contribution in [0.3, 0.4) is 0 Å². The van der Waals surface area contributed by atoms with Crippen molar-refractivity contribution in [2.75, 3.05) is 7.05 Å². The number of carbonyl (C=O) groups excluding carboxylic acids is 1. The van der Waals surface area contributed by atoms with Crippen LogP contribution in [-0.4, -0.2) is 37.6 Å². The zero-order valence-corrected chi connectivity index (χ0v) is 12.5. The van der Waals surface area contributed by atoms with E-state index in [9.17, 15) is 4.79 Å². The highest BCUT2D eigenvalue weighted by atomic mass is 16.2. The summed E-state index contributed by atoms with van der Waals surface area (Å²) in [5.74, 6) is 0.915. The van der Waals surface area contributed by atoms with Crippen LogP contribution in [0.2, 0.25) is 0 Å². The van der Waals surface area contributed by atoms with Gasteiger partial charge in [-0.1, -0.05) is 0 Å². The molecule has 6 heteroatoms. The molecule has 0 spiro atoms. The number of nitrogens with one attached hydrogen (secondary N) is 1. The van der Waals surface area contributed by atoms with Crippen LogP contribution in [0, 0.1) is 13.8 Å². The Hall–Kier alpha value is -2.11. The Morgan fingerprint density at radius 2 is 2.20 bits per heavy atom. The molecule has 2 rings (SSSR count). The van der Waals surface area contributed by atoms with Crippen LogP contribution in [-0.2, 0) is 24.8 Å². The molecule has 0 radical (unpaired) electrons. The molecule has 2 aromatic rings. The van der Waals surface area contributed by atoms with Crippen molar-refractivity contribution < 1.29 is 4.79 Å². The molecule has 0 aliphatic heterocycles. The fourth-order valence-electron chi connectivity index (χ4n) is 2.30. The lowest BCUT2D eigenvalue weighted by Gasteiger charge is -2.15. The van der Waals surface area contributed by atoms with Gasteiger partial charge < -0.3 is 9.88 Å². The van der Waals surface area contributed by atoms with E-state index in [0.29, 0.717) is 13.0 Å². The minimum absolute atomic E-state index is 0.115. The minimum atomic E-state index is 0.115. The van der Waals surface area contributed by atoms with Crippen molar-refractivity contribution in [3.8, 4) is 0 Å². The van der Waals surface area contributed by atoms with Crippen LogP contribution >= 0.6 is 0 Å². The Bertz CT molecular complexity index is 585. The molecular weight excluding hydrogens is 254 g/mol. The summed E-state index contributed by atoms with van der Waals surface area (Å²) in [6, 6.07) is 0. The Kier molecular flexibility index (Phi) is 4.22. The first kappa shape index (κ1) is 14.3. The highest BCUT2D eigenvalue weighted by molar-refractivity contribution is 5.76. The number of aromatic amines is 1. The first-order chi connectivity index (χ1) is 9.49. The molecular formula is C14H21N5O. The van der Waals surface area contributed by atoms with Crippen molar-refractivity contribution in [2.45, 2.75) is 33.2 Å². The zero-order valence-electron chi connectivity index (χ0n) is 12.5. The van der Waals surface area contributed by atoms with E-state index >= 15 is 0 Å². The van der Waals surface area contributed by atoms with E-state index in [1.807, 2.05) is 25.6 Å². The molecule has 0 aromatic carbocycles. The maximum atomic E-state index is 12.1. The number of amides is 1. The molecule has 0 fully saturated rings. The number of H-pyrrole nitrogens is 1. The first-order valence-electron chi connectivity index (χ1n) is 6.70. The van der Waals surface area contributed by atoms with Gasteiger partial charge >= 0.3 is 0 Å². The normalized spacial score (nSPS) is 10.8. The largest absolute Gasteiger partial charge is 0.347 e. The Balaban J connectivity index is 1.91. The quantitative estimate of drug-likeness (QED) is 0.895. The average molecular weight is 275 g/mol. The first-order valence-corrected chi connectivity index (χ1v) is 6.70. The van der Waals surface area contributed by atoms with Gasteiger partial charge in [0.25, 0.3) is 0 Å². The average Bonchev–Trinajstić information content (AvgIpc) is 2.98. The number of nitrogens with zero attached hydrogens (tertiary/aromatic N) is 4. The molecule has 0 aliphatic carbocycles. The number of carbonyl (C=O) groups is 1. The summed E-state index contributed by atoms with van der Waals surface area (Å²) in [6.07, 6.45) is 4.67. The lowest BCUT2D eigenvalue weighted by atomic mass is 10.1. The van der Waals surface area contributed by atoms with E-state index in [-0.39, 0.29) is 5.91 Å². The Labute approximate surface area is 118 Å². The van der Waals surface area contributed by atoms with Crippen molar-refractivity contribution in [3.05, 3.63) is 35.2 Å². The van der Waals surface area contributed by atoms with Crippen molar-refractivity contribution >= 4 is 5.91 Å². The van der Waals surface area contributed by atoms with Crippen molar-refractivity contribution in [3.63, 3.8) is 0 Å². The summed E-state index contributed by atoms with van der Waals surface area (Å²) < 4.78 is 1.86. The van der Waals surface area contributed by atoms with Crippen LogP contribution in [0.4, 0.5) is 0 Å². The molecule has 0 saturated carbocycles. The van der Waals surface area contributed by atoms with E-state index in [1.165, 1.54) is 5.56 Å². The third kappa shape index (κ3) is 3.07. The molecule has 20 heavy (non-hydrogen) atoms. The molecule has 2 aromatic heterocycles. The maximum Gasteiger partial charge on any atom is 0.223 e. The van der Waals surface area contributed by atoms with Gasteiger partial charge in [0.2, 0.25) is 5.91 Å². The SMILES string of the molecule is Cc1nn(C)c(C)c1CCC(=O)N(C)Cc1ncc[nH]1. The van der Waals surface area contributed by atoms with Crippen LogP contribution in [0.1, 0.15) is 29.2 Å². The third-order valence-corrected chi connectivity index (χ3v) is 3.62. The molecule has 0 bridgehead atoms. The molecule has 0 saturated heterocycles. The van der Waals surface area contributed by atoms with Gasteiger partial charge in [-0.3, -0.25) is 9.48 Å². The van der Waals surface area contributed by atoms with Crippen LogP contribution < -0.4 is 0 Å². The number of rotatable bonds is 5. The lowest BCUT2D eigenvalue weighted by Crippen LogP contribution is -2.27. The van der Waals surface area contributed by atoms with Crippen LogP contribution in [0.15, 0.2) is 12.4 Å². The van der Waals surface area contributed by atoms with Crippen molar-refractivity contribution in [1.29, 1.82) is 0 Å². The monoisotopic (exact) mass is 275 g/mol. The van der Waals surface area contributed by atoms with Gasteiger partial charge in [0.05, 0.1) is 12.2 Å². The summed E-state index contributed by atoms with van der Waals surface area (Å²) in [5, 5.41) is 4.37. The van der Waals surface area contributed by atoms with Crippen molar-refractivity contribution in [2.24, 2.45) is 7.05 Å². The lowest BCUT2D eigenvalue weighted by molar-refractivity contribution is -0.130. The molecule has 0 atom stereocenters. The second-order valence-corrected chi connectivity index (χ2v) is 5.06. The van der Waals surface area contributed by atoms with Gasteiger partial charge in [-0.05, 0) is 25.8 Å². The molecule has 108 valence electrons. The van der Waals surface area contributed by atoms with E-state index in [1.54, 1.807) is 24.3 Å².